The largest absolute Gasteiger partial charge is 0.493 e. The second kappa shape index (κ2) is 9.04. The molecular weight excluding hydrogens is 400 g/mol. The quantitative estimate of drug-likeness (QED) is 0.405. The monoisotopic (exact) mass is 422 g/mol. The average molecular weight is 423 g/mol. The first-order valence-corrected chi connectivity index (χ1v) is 10.6. The summed E-state index contributed by atoms with van der Waals surface area (Å²) in [5, 5.41) is 4.35. The third-order valence-corrected chi connectivity index (χ3v) is 5.57. The Kier molecular flexibility index (Phi) is 6.04. The highest BCUT2D eigenvalue weighted by molar-refractivity contribution is 7.15. The van der Waals surface area contributed by atoms with Gasteiger partial charge in [0.05, 0.1) is 18.2 Å². The Morgan fingerprint density at radius 3 is 2.70 bits per heavy atom. The van der Waals surface area contributed by atoms with Gasteiger partial charge < -0.3 is 9.47 Å². The van der Waals surface area contributed by atoms with E-state index in [0.717, 1.165) is 30.4 Å². The second-order valence-electron chi connectivity index (χ2n) is 6.75. The highest BCUT2D eigenvalue weighted by Crippen LogP contribution is 2.28. The Morgan fingerprint density at radius 1 is 1.13 bits per heavy atom. The van der Waals surface area contributed by atoms with Crippen molar-refractivity contribution in [3.8, 4) is 22.9 Å². The van der Waals surface area contributed by atoms with Gasteiger partial charge in [0.2, 0.25) is 4.96 Å². The van der Waals surface area contributed by atoms with Crippen LogP contribution in [0.4, 0.5) is 0 Å². The third kappa shape index (κ3) is 4.18. The Hall–Kier alpha value is -3.26. The van der Waals surface area contributed by atoms with Crippen LogP contribution in [0.5, 0.6) is 11.5 Å². The van der Waals surface area contributed by atoms with Crippen molar-refractivity contribution >= 4 is 22.4 Å². The zero-order valence-electron chi connectivity index (χ0n) is 16.9. The molecule has 0 saturated carbocycles. The summed E-state index contributed by atoms with van der Waals surface area (Å²) in [5.41, 5.74) is 1.48. The highest BCUT2D eigenvalue weighted by atomic mass is 32.1. The van der Waals surface area contributed by atoms with Crippen LogP contribution < -0.4 is 19.6 Å². The van der Waals surface area contributed by atoms with Crippen molar-refractivity contribution in [1.82, 2.24) is 19.6 Å². The van der Waals surface area contributed by atoms with E-state index >= 15 is 0 Å². The molecule has 3 aromatic heterocycles. The topological polar surface area (TPSA) is 78.6 Å². The number of aromatic nitrogens is 4. The minimum Gasteiger partial charge on any atom is -0.493 e. The Labute approximate surface area is 177 Å². The van der Waals surface area contributed by atoms with Gasteiger partial charge in [-0.15, -0.1) is 5.10 Å². The fraction of sp³-hybridized carbons (Fsp3) is 0.273. The van der Waals surface area contributed by atoms with E-state index in [2.05, 4.69) is 22.0 Å². The van der Waals surface area contributed by atoms with E-state index in [-0.39, 0.29) is 5.56 Å². The molecule has 0 aliphatic rings. The maximum absolute atomic E-state index is 12.8. The fourth-order valence-electron chi connectivity index (χ4n) is 3.04. The van der Waals surface area contributed by atoms with Crippen molar-refractivity contribution in [3.05, 3.63) is 63.2 Å². The summed E-state index contributed by atoms with van der Waals surface area (Å²) in [6, 6.07) is 9.28. The molecule has 3 heterocycles. The maximum atomic E-state index is 12.8. The van der Waals surface area contributed by atoms with Crippen LogP contribution in [-0.4, -0.2) is 33.3 Å². The third-order valence-electron chi connectivity index (χ3n) is 4.61. The van der Waals surface area contributed by atoms with Gasteiger partial charge in [0, 0.05) is 18.0 Å². The maximum Gasteiger partial charge on any atom is 0.291 e. The number of benzene rings is 1. The van der Waals surface area contributed by atoms with Crippen LogP contribution in [0.25, 0.3) is 22.4 Å². The highest BCUT2D eigenvalue weighted by Gasteiger charge is 2.12. The predicted octanol–water partition coefficient (Wildman–Crippen LogP) is 3.34. The summed E-state index contributed by atoms with van der Waals surface area (Å²) in [7, 11) is 1.61. The van der Waals surface area contributed by atoms with Gasteiger partial charge in [0.15, 0.2) is 17.3 Å². The van der Waals surface area contributed by atoms with Crippen LogP contribution >= 0.6 is 11.3 Å². The molecule has 1 aromatic carbocycles. The Balaban J connectivity index is 1.62. The lowest BCUT2D eigenvalue weighted by atomic mass is 10.2. The smallest absolute Gasteiger partial charge is 0.291 e. The molecule has 4 rings (SSSR count). The first-order valence-electron chi connectivity index (χ1n) is 9.82. The normalized spacial score (nSPS) is 11.9. The second-order valence-corrected chi connectivity index (χ2v) is 7.76. The van der Waals surface area contributed by atoms with Gasteiger partial charge in [0.1, 0.15) is 0 Å². The van der Waals surface area contributed by atoms with E-state index in [0.29, 0.717) is 33.4 Å². The first kappa shape index (κ1) is 20.0. The molecule has 0 spiro atoms. The molecule has 0 amide bonds. The van der Waals surface area contributed by atoms with E-state index in [1.165, 1.54) is 15.9 Å². The van der Waals surface area contributed by atoms with Crippen molar-refractivity contribution in [3.63, 3.8) is 0 Å². The van der Waals surface area contributed by atoms with Crippen molar-refractivity contribution in [2.75, 3.05) is 13.7 Å². The van der Waals surface area contributed by atoms with Crippen LogP contribution in [-0.2, 0) is 0 Å². The summed E-state index contributed by atoms with van der Waals surface area (Å²) in [4.78, 5) is 21.8. The van der Waals surface area contributed by atoms with Crippen molar-refractivity contribution in [2.45, 2.75) is 26.2 Å². The molecule has 0 aliphatic heterocycles. The lowest BCUT2D eigenvalue weighted by molar-refractivity contribution is 0.286. The summed E-state index contributed by atoms with van der Waals surface area (Å²) < 4.78 is 13.2. The molecular formula is C22H22N4O3S. The van der Waals surface area contributed by atoms with Gasteiger partial charge in [-0.05, 0) is 42.3 Å². The van der Waals surface area contributed by atoms with Crippen LogP contribution in [0, 0.1) is 0 Å². The average Bonchev–Trinajstić information content (AvgIpc) is 3.32. The number of fused-ring (bicyclic) bond motifs is 1. The van der Waals surface area contributed by atoms with E-state index in [1.807, 2.05) is 36.4 Å². The molecule has 0 unspecified atom stereocenters. The molecule has 0 bridgehead atoms. The molecule has 4 aromatic rings. The van der Waals surface area contributed by atoms with Gasteiger partial charge in [-0.2, -0.15) is 9.50 Å². The number of nitrogens with zero attached hydrogens (tertiary/aromatic N) is 4. The predicted molar refractivity (Wildman–Crippen MR) is 117 cm³/mol. The van der Waals surface area contributed by atoms with Gasteiger partial charge >= 0.3 is 0 Å². The standard InChI is InChI=1S/C22H22N4O3S/c1-3-4-5-12-29-17-7-6-15(13-18(17)28-2)14-19-21(27)26-22(30-19)24-20(25-26)16-8-10-23-11-9-16/h6-11,13-14H,3-5,12H2,1-2H3. The molecule has 0 aliphatic carbocycles. The SMILES string of the molecule is CCCCCOc1ccc(C=c2sc3nc(-c4ccncc4)nn3c2=O)cc1OC. The molecule has 0 saturated heterocycles. The van der Waals surface area contributed by atoms with Crippen molar-refractivity contribution < 1.29 is 9.47 Å². The van der Waals surface area contributed by atoms with Gasteiger partial charge in [-0.3, -0.25) is 9.78 Å². The van der Waals surface area contributed by atoms with Gasteiger partial charge in [0.25, 0.3) is 5.56 Å². The fourth-order valence-corrected chi connectivity index (χ4v) is 3.94. The van der Waals surface area contributed by atoms with Crippen LogP contribution in [0.2, 0.25) is 0 Å². The van der Waals surface area contributed by atoms with E-state index in [1.54, 1.807) is 19.5 Å². The zero-order chi connectivity index (χ0) is 20.9. The van der Waals surface area contributed by atoms with Crippen molar-refractivity contribution in [2.24, 2.45) is 0 Å². The Morgan fingerprint density at radius 2 is 1.97 bits per heavy atom. The zero-order valence-corrected chi connectivity index (χ0v) is 17.7. The molecule has 0 atom stereocenters. The van der Waals surface area contributed by atoms with Crippen LogP contribution in [0.15, 0.2) is 47.5 Å². The summed E-state index contributed by atoms with van der Waals surface area (Å²) in [6.45, 7) is 2.82. The van der Waals surface area contributed by atoms with Crippen LogP contribution in [0.3, 0.4) is 0 Å². The molecule has 154 valence electrons. The minimum atomic E-state index is -0.193. The van der Waals surface area contributed by atoms with Gasteiger partial charge in [-0.25, -0.2) is 0 Å². The lowest BCUT2D eigenvalue weighted by Crippen LogP contribution is -2.23. The van der Waals surface area contributed by atoms with Gasteiger partial charge in [-0.1, -0.05) is 37.2 Å². The minimum absolute atomic E-state index is 0.193. The summed E-state index contributed by atoms with van der Waals surface area (Å²) >= 11 is 1.30. The molecule has 0 radical (unpaired) electrons. The van der Waals surface area contributed by atoms with E-state index in [4.69, 9.17) is 9.47 Å². The van der Waals surface area contributed by atoms with E-state index in [9.17, 15) is 4.79 Å². The number of unbranched alkanes of at least 4 members (excludes halogenated alkanes) is 2. The molecule has 30 heavy (non-hydrogen) atoms. The number of hydrogen-bond acceptors (Lipinski definition) is 7. The van der Waals surface area contributed by atoms with Crippen molar-refractivity contribution in [1.29, 1.82) is 0 Å². The molecule has 8 heteroatoms. The number of ether oxygens (including phenoxy) is 2. The number of methoxy groups -OCH3 is 1. The molecule has 0 N–H and O–H groups in total. The molecule has 0 fully saturated rings. The number of pyridine rings is 1. The number of rotatable bonds is 8. The Bertz CT molecular complexity index is 1250. The van der Waals surface area contributed by atoms with Crippen LogP contribution in [0.1, 0.15) is 31.7 Å². The number of hydrogen-bond donors (Lipinski definition) is 0. The molecule has 7 nitrogen and oxygen atoms in total. The lowest BCUT2D eigenvalue weighted by Gasteiger charge is -2.11. The first-order chi connectivity index (χ1) is 14.7. The summed E-state index contributed by atoms with van der Waals surface area (Å²) in [5.74, 6) is 1.86. The number of thiazole rings is 1. The summed E-state index contributed by atoms with van der Waals surface area (Å²) in [6.07, 6.45) is 8.46. The van der Waals surface area contributed by atoms with E-state index < -0.39 is 0 Å².